The van der Waals surface area contributed by atoms with Crippen molar-refractivity contribution in [2.45, 2.75) is 6.42 Å². The second-order valence-corrected chi connectivity index (χ2v) is 3.67. The van der Waals surface area contributed by atoms with Crippen molar-refractivity contribution in [2.75, 3.05) is 6.54 Å². The molecule has 0 aliphatic rings. The van der Waals surface area contributed by atoms with Crippen molar-refractivity contribution in [1.82, 2.24) is 10.3 Å². The molecule has 1 aromatic carbocycles. The number of benzene rings is 1. The molecule has 1 amide bonds. The molecule has 0 aliphatic carbocycles. The molecule has 5 heteroatoms. The third kappa shape index (κ3) is 2.63. The lowest BCUT2D eigenvalue weighted by Crippen LogP contribution is -2.26. The zero-order chi connectivity index (χ0) is 12.3. The van der Waals surface area contributed by atoms with E-state index in [-0.39, 0.29) is 18.9 Å². The number of fused-ring (bicyclic) bond motifs is 1. The average molecular weight is 232 g/mol. The number of amides is 1. The number of hydrogen-bond acceptors (Lipinski definition) is 2. The normalized spacial score (nSPS) is 10.4. The number of carbonyl (C=O) groups is 2. The Labute approximate surface area is 97.4 Å². The summed E-state index contributed by atoms with van der Waals surface area (Å²) >= 11 is 0. The summed E-state index contributed by atoms with van der Waals surface area (Å²) < 4.78 is 0. The van der Waals surface area contributed by atoms with Crippen LogP contribution in [0.25, 0.3) is 10.9 Å². The maximum absolute atomic E-state index is 11.7. The number of carbonyl (C=O) groups excluding carboxylic acids is 1. The van der Waals surface area contributed by atoms with E-state index in [9.17, 15) is 9.59 Å². The van der Waals surface area contributed by atoms with Crippen LogP contribution in [0, 0.1) is 0 Å². The molecular weight excluding hydrogens is 220 g/mol. The summed E-state index contributed by atoms with van der Waals surface area (Å²) in [5, 5.41) is 11.9. The van der Waals surface area contributed by atoms with Crippen LogP contribution >= 0.6 is 0 Å². The van der Waals surface area contributed by atoms with Crippen molar-refractivity contribution in [1.29, 1.82) is 0 Å². The molecule has 5 nitrogen and oxygen atoms in total. The molecule has 17 heavy (non-hydrogen) atoms. The Balaban J connectivity index is 2.06. The van der Waals surface area contributed by atoms with Gasteiger partial charge in [-0.1, -0.05) is 18.2 Å². The van der Waals surface area contributed by atoms with Crippen LogP contribution in [0.5, 0.6) is 0 Å². The van der Waals surface area contributed by atoms with Crippen LogP contribution < -0.4 is 5.32 Å². The molecule has 0 saturated heterocycles. The van der Waals surface area contributed by atoms with Crippen LogP contribution in [0.4, 0.5) is 0 Å². The van der Waals surface area contributed by atoms with Gasteiger partial charge >= 0.3 is 5.97 Å². The molecule has 1 heterocycles. The maximum Gasteiger partial charge on any atom is 0.305 e. The third-order valence-corrected chi connectivity index (χ3v) is 2.40. The van der Waals surface area contributed by atoms with Gasteiger partial charge in [-0.25, -0.2) is 0 Å². The van der Waals surface area contributed by atoms with E-state index < -0.39 is 5.97 Å². The molecule has 0 bridgehead atoms. The van der Waals surface area contributed by atoms with E-state index in [0.29, 0.717) is 5.69 Å². The monoisotopic (exact) mass is 232 g/mol. The summed E-state index contributed by atoms with van der Waals surface area (Å²) in [6.45, 7) is 0.129. The summed E-state index contributed by atoms with van der Waals surface area (Å²) in [5.41, 5.74) is 1.33. The first kappa shape index (κ1) is 11.2. The molecule has 0 saturated carbocycles. The lowest BCUT2D eigenvalue weighted by molar-refractivity contribution is -0.136. The lowest BCUT2D eigenvalue weighted by Gasteiger charge is -2.00. The van der Waals surface area contributed by atoms with Crippen LogP contribution in [-0.4, -0.2) is 28.5 Å². The Morgan fingerprint density at radius 1 is 1.29 bits per heavy atom. The minimum Gasteiger partial charge on any atom is -0.481 e. The Hall–Kier alpha value is -2.30. The van der Waals surface area contributed by atoms with Gasteiger partial charge in [0.2, 0.25) is 0 Å². The Kier molecular flexibility index (Phi) is 3.09. The summed E-state index contributed by atoms with van der Waals surface area (Å²) in [7, 11) is 0. The van der Waals surface area contributed by atoms with E-state index in [1.165, 1.54) is 0 Å². The predicted octanol–water partition coefficient (Wildman–Crippen LogP) is 1.37. The highest BCUT2D eigenvalue weighted by atomic mass is 16.4. The lowest BCUT2D eigenvalue weighted by atomic mass is 10.2. The van der Waals surface area contributed by atoms with E-state index in [4.69, 9.17) is 5.11 Å². The van der Waals surface area contributed by atoms with Crippen molar-refractivity contribution in [3.05, 3.63) is 36.0 Å². The fourth-order valence-electron chi connectivity index (χ4n) is 1.57. The zero-order valence-electron chi connectivity index (χ0n) is 9.06. The maximum atomic E-state index is 11.7. The molecule has 0 fully saturated rings. The van der Waals surface area contributed by atoms with Gasteiger partial charge < -0.3 is 15.4 Å². The van der Waals surface area contributed by atoms with Crippen LogP contribution in [0.15, 0.2) is 30.3 Å². The van der Waals surface area contributed by atoms with Crippen LogP contribution in [0.1, 0.15) is 16.9 Å². The van der Waals surface area contributed by atoms with Gasteiger partial charge in [0.15, 0.2) is 0 Å². The van der Waals surface area contributed by atoms with Gasteiger partial charge in [0.05, 0.1) is 6.42 Å². The van der Waals surface area contributed by atoms with E-state index in [0.717, 1.165) is 10.9 Å². The molecule has 0 spiro atoms. The number of carboxylic acids is 1. The van der Waals surface area contributed by atoms with Crippen molar-refractivity contribution >= 4 is 22.8 Å². The van der Waals surface area contributed by atoms with Gasteiger partial charge in [-0.15, -0.1) is 0 Å². The number of aromatic nitrogens is 1. The number of rotatable bonds is 4. The first-order valence-electron chi connectivity index (χ1n) is 5.24. The van der Waals surface area contributed by atoms with Crippen molar-refractivity contribution in [3.8, 4) is 0 Å². The third-order valence-electron chi connectivity index (χ3n) is 2.40. The van der Waals surface area contributed by atoms with Gasteiger partial charge in [-0.3, -0.25) is 9.59 Å². The molecule has 1 aromatic heterocycles. The molecule has 88 valence electrons. The minimum atomic E-state index is -0.929. The van der Waals surface area contributed by atoms with Crippen LogP contribution in [-0.2, 0) is 4.79 Å². The molecule has 0 aliphatic heterocycles. The van der Waals surface area contributed by atoms with Gasteiger partial charge in [-0.05, 0) is 12.1 Å². The summed E-state index contributed by atoms with van der Waals surface area (Å²) in [5.74, 6) is -1.22. The summed E-state index contributed by atoms with van der Waals surface area (Å²) in [6.07, 6.45) is -0.0774. The summed E-state index contributed by atoms with van der Waals surface area (Å²) in [4.78, 5) is 24.9. The van der Waals surface area contributed by atoms with Crippen LogP contribution in [0.2, 0.25) is 0 Å². The molecule has 2 aromatic rings. The Morgan fingerprint density at radius 2 is 2.06 bits per heavy atom. The van der Waals surface area contributed by atoms with E-state index in [1.807, 2.05) is 24.3 Å². The fraction of sp³-hybridized carbons (Fsp3) is 0.167. The number of aromatic amines is 1. The van der Waals surface area contributed by atoms with Crippen LogP contribution in [0.3, 0.4) is 0 Å². The fourth-order valence-corrected chi connectivity index (χ4v) is 1.57. The smallest absolute Gasteiger partial charge is 0.305 e. The molecule has 0 unspecified atom stereocenters. The van der Waals surface area contributed by atoms with Crippen molar-refractivity contribution < 1.29 is 14.7 Å². The van der Waals surface area contributed by atoms with E-state index in [2.05, 4.69) is 10.3 Å². The van der Waals surface area contributed by atoms with Crippen molar-refractivity contribution in [3.63, 3.8) is 0 Å². The van der Waals surface area contributed by atoms with Gasteiger partial charge in [0.1, 0.15) is 5.69 Å². The van der Waals surface area contributed by atoms with Crippen molar-refractivity contribution in [2.24, 2.45) is 0 Å². The largest absolute Gasteiger partial charge is 0.481 e. The molecule has 3 N–H and O–H groups in total. The SMILES string of the molecule is O=C(O)CCNC(=O)c1cc2ccccc2[nH]1. The highest BCUT2D eigenvalue weighted by Crippen LogP contribution is 2.14. The second-order valence-electron chi connectivity index (χ2n) is 3.67. The van der Waals surface area contributed by atoms with Gasteiger partial charge in [-0.2, -0.15) is 0 Å². The number of aliphatic carboxylic acids is 1. The average Bonchev–Trinajstić information content (AvgIpc) is 2.71. The number of nitrogens with one attached hydrogen (secondary N) is 2. The Bertz CT molecular complexity index is 527. The standard InChI is InChI=1S/C12H12N2O3/c15-11(16)5-6-13-12(17)10-7-8-3-1-2-4-9(8)14-10/h1-4,7,14H,5-6H2,(H,13,17)(H,15,16). The predicted molar refractivity (Wildman–Crippen MR) is 62.9 cm³/mol. The van der Waals surface area contributed by atoms with Gasteiger partial charge in [0.25, 0.3) is 5.91 Å². The molecule has 0 radical (unpaired) electrons. The quantitative estimate of drug-likeness (QED) is 0.744. The molecule has 0 atom stereocenters. The highest BCUT2D eigenvalue weighted by Gasteiger charge is 2.08. The number of para-hydroxylation sites is 1. The first-order chi connectivity index (χ1) is 8.16. The minimum absolute atomic E-state index is 0.0774. The second kappa shape index (κ2) is 4.69. The van der Waals surface area contributed by atoms with E-state index >= 15 is 0 Å². The van der Waals surface area contributed by atoms with E-state index in [1.54, 1.807) is 6.07 Å². The highest BCUT2D eigenvalue weighted by molar-refractivity contribution is 5.98. The number of H-pyrrole nitrogens is 1. The Morgan fingerprint density at radius 3 is 2.76 bits per heavy atom. The topological polar surface area (TPSA) is 82.2 Å². The molecule has 2 rings (SSSR count). The molecular formula is C12H12N2O3. The number of hydrogen-bond donors (Lipinski definition) is 3. The zero-order valence-corrected chi connectivity index (χ0v) is 9.06. The number of carboxylic acid groups (broad SMARTS) is 1. The van der Waals surface area contributed by atoms with Gasteiger partial charge in [0, 0.05) is 17.4 Å². The summed E-state index contributed by atoms with van der Waals surface area (Å²) in [6, 6.07) is 9.29. The first-order valence-corrected chi connectivity index (χ1v) is 5.24.